The Bertz CT molecular complexity index is 490. The smallest absolute Gasteiger partial charge is 0.216 e. The highest BCUT2D eigenvalue weighted by atomic mass is 16.1. The monoisotopic (exact) mass is 229 g/mol. The van der Waals surface area contributed by atoms with Crippen LogP contribution in [0.5, 0.6) is 0 Å². The van der Waals surface area contributed by atoms with E-state index in [4.69, 9.17) is 0 Å². The van der Waals surface area contributed by atoms with Gasteiger partial charge in [-0.2, -0.15) is 0 Å². The Morgan fingerprint density at radius 3 is 2.82 bits per heavy atom. The summed E-state index contributed by atoms with van der Waals surface area (Å²) in [6.45, 7) is 2.86. The van der Waals surface area contributed by atoms with Crippen molar-refractivity contribution in [2.45, 2.75) is 13.5 Å². The average Bonchev–Trinajstić information content (AvgIpc) is 2.78. The normalized spacial score (nSPS) is 10.2. The number of hydrogen-bond acceptors (Lipinski definition) is 2. The molecule has 1 aromatic heterocycles. The third kappa shape index (κ3) is 2.93. The van der Waals surface area contributed by atoms with Crippen molar-refractivity contribution in [2.75, 3.05) is 6.54 Å². The molecule has 0 radical (unpaired) electrons. The molecule has 0 atom stereocenters. The predicted octanol–water partition coefficient (Wildman–Crippen LogP) is 1.69. The maximum atomic E-state index is 10.8. The summed E-state index contributed by atoms with van der Waals surface area (Å²) in [7, 11) is 0. The molecule has 4 heteroatoms. The van der Waals surface area contributed by atoms with Gasteiger partial charge in [-0.25, -0.2) is 4.98 Å². The zero-order valence-corrected chi connectivity index (χ0v) is 9.76. The summed E-state index contributed by atoms with van der Waals surface area (Å²) in [4.78, 5) is 14.9. The van der Waals surface area contributed by atoms with E-state index in [1.165, 1.54) is 6.92 Å². The molecule has 0 saturated carbocycles. The number of nitrogens with zero attached hydrogens (tertiary/aromatic N) is 2. The number of carbonyl (C=O) groups excluding carboxylic acids is 1. The van der Waals surface area contributed by atoms with E-state index in [2.05, 4.69) is 10.3 Å². The molecule has 0 unspecified atom stereocenters. The van der Waals surface area contributed by atoms with Gasteiger partial charge >= 0.3 is 0 Å². The molecule has 0 spiro atoms. The second-order valence-corrected chi connectivity index (χ2v) is 3.82. The van der Waals surface area contributed by atoms with Gasteiger partial charge in [-0.3, -0.25) is 4.79 Å². The Morgan fingerprint density at radius 1 is 1.35 bits per heavy atom. The van der Waals surface area contributed by atoms with Gasteiger partial charge in [0.1, 0.15) is 0 Å². The first-order chi connectivity index (χ1) is 8.27. The van der Waals surface area contributed by atoms with Gasteiger partial charge in [-0.15, -0.1) is 0 Å². The second-order valence-electron chi connectivity index (χ2n) is 3.82. The van der Waals surface area contributed by atoms with Crippen molar-refractivity contribution in [1.29, 1.82) is 0 Å². The predicted molar refractivity (Wildman–Crippen MR) is 66.3 cm³/mol. The van der Waals surface area contributed by atoms with Gasteiger partial charge in [0.15, 0.2) is 0 Å². The molecule has 0 aliphatic heterocycles. The highest BCUT2D eigenvalue weighted by Crippen LogP contribution is 2.17. The first-order valence-electron chi connectivity index (χ1n) is 5.57. The maximum Gasteiger partial charge on any atom is 0.216 e. The minimum absolute atomic E-state index is 0.00798. The Labute approximate surface area is 100 Å². The van der Waals surface area contributed by atoms with Crippen LogP contribution in [-0.2, 0) is 11.3 Å². The molecule has 4 nitrogen and oxygen atoms in total. The van der Waals surface area contributed by atoms with E-state index in [1.807, 2.05) is 41.1 Å². The fourth-order valence-electron chi connectivity index (χ4n) is 1.70. The molecular formula is C13H15N3O. The Hall–Kier alpha value is -2.10. The van der Waals surface area contributed by atoms with Crippen LogP contribution in [0.3, 0.4) is 0 Å². The Morgan fingerprint density at radius 2 is 2.12 bits per heavy atom. The van der Waals surface area contributed by atoms with Crippen LogP contribution in [0.1, 0.15) is 6.92 Å². The highest BCUT2D eigenvalue weighted by molar-refractivity contribution is 5.72. The molecule has 17 heavy (non-hydrogen) atoms. The lowest BCUT2D eigenvalue weighted by Crippen LogP contribution is -2.24. The molecule has 0 saturated heterocycles. The van der Waals surface area contributed by atoms with Crippen molar-refractivity contribution in [1.82, 2.24) is 14.9 Å². The average molecular weight is 229 g/mol. The zero-order valence-electron chi connectivity index (χ0n) is 9.76. The van der Waals surface area contributed by atoms with E-state index >= 15 is 0 Å². The van der Waals surface area contributed by atoms with E-state index in [0.29, 0.717) is 6.54 Å². The topological polar surface area (TPSA) is 46.9 Å². The highest BCUT2D eigenvalue weighted by Gasteiger charge is 2.03. The molecule has 1 amide bonds. The van der Waals surface area contributed by atoms with E-state index in [9.17, 15) is 4.79 Å². The SMILES string of the molecule is CC(=O)NCCn1cncc1-c1ccccc1. The number of amides is 1. The van der Waals surface area contributed by atoms with Gasteiger partial charge in [-0.05, 0) is 5.56 Å². The molecule has 0 aliphatic carbocycles. The molecule has 88 valence electrons. The number of nitrogens with one attached hydrogen (secondary N) is 1. The molecule has 0 fully saturated rings. The molecule has 0 bridgehead atoms. The van der Waals surface area contributed by atoms with Crippen molar-refractivity contribution in [2.24, 2.45) is 0 Å². The summed E-state index contributed by atoms with van der Waals surface area (Å²) in [6, 6.07) is 10.1. The van der Waals surface area contributed by atoms with Crippen molar-refractivity contribution >= 4 is 5.91 Å². The van der Waals surface area contributed by atoms with Crippen molar-refractivity contribution < 1.29 is 4.79 Å². The Kier molecular flexibility index (Phi) is 3.55. The number of carbonyl (C=O) groups is 1. The van der Waals surface area contributed by atoms with Gasteiger partial charge in [0.2, 0.25) is 5.91 Å². The van der Waals surface area contributed by atoms with Crippen LogP contribution in [-0.4, -0.2) is 22.0 Å². The van der Waals surface area contributed by atoms with Crippen LogP contribution in [0.2, 0.25) is 0 Å². The largest absolute Gasteiger partial charge is 0.355 e. The molecule has 0 aliphatic rings. The number of hydrogen-bond donors (Lipinski definition) is 1. The standard InChI is InChI=1S/C13H15N3O/c1-11(17)15-7-8-16-10-14-9-13(16)12-5-3-2-4-6-12/h2-6,9-10H,7-8H2,1H3,(H,15,17). The summed E-state index contributed by atoms with van der Waals surface area (Å²) in [5.41, 5.74) is 2.20. The van der Waals surface area contributed by atoms with Crippen LogP contribution < -0.4 is 5.32 Å². The summed E-state index contributed by atoms with van der Waals surface area (Å²) < 4.78 is 2.03. The first-order valence-corrected chi connectivity index (χ1v) is 5.57. The lowest BCUT2D eigenvalue weighted by Gasteiger charge is -2.08. The van der Waals surface area contributed by atoms with E-state index < -0.39 is 0 Å². The second kappa shape index (κ2) is 5.30. The first kappa shape index (κ1) is 11.4. The summed E-state index contributed by atoms with van der Waals surface area (Å²) in [6.07, 6.45) is 3.62. The van der Waals surface area contributed by atoms with Crippen LogP contribution in [0.4, 0.5) is 0 Å². The van der Waals surface area contributed by atoms with Crippen LogP contribution in [0.15, 0.2) is 42.9 Å². The zero-order chi connectivity index (χ0) is 12.1. The van der Waals surface area contributed by atoms with Crippen molar-refractivity contribution in [3.63, 3.8) is 0 Å². The van der Waals surface area contributed by atoms with Crippen LogP contribution >= 0.6 is 0 Å². The Balaban J connectivity index is 2.10. The van der Waals surface area contributed by atoms with Crippen molar-refractivity contribution in [3.05, 3.63) is 42.9 Å². The lowest BCUT2D eigenvalue weighted by atomic mass is 10.2. The fourth-order valence-corrected chi connectivity index (χ4v) is 1.70. The van der Waals surface area contributed by atoms with E-state index in [-0.39, 0.29) is 5.91 Å². The third-order valence-electron chi connectivity index (χ3n) is 2.51. The summed E-state index contributed by atoms with van der Waals surface area (Å²) in [5, 5.41) is 2.77. The van der Waals surface area contributed by atoms with E-state index in [1.54, 1.807) is 6.33 Å². The summed E-state index contributed by atoms with van der Waals surface area (Å²) >= 11 is 0. The maximum absolute atomic E-state index is 10.8. The number of benzene rings is 1. The molecule has 1 heterocycles. The number of aromatic nitrogens is 2. The molecule has 2 rings (SSSR count). The van der Waals surface area contributed by atoms with Crippen LogP contribution in [0, 0.1) is 0 Å². The lowest BCUT2D eigenvalue weighted by molar-refractivity contribution is -0.118. The molecule has 2 aromatic rings. The minimum Gasteiger partial charge on any atom is -0.355 e. The van der Waals surface area contributed by atoms with Gasteiger partial charge in [0.05, 0.1) is 18.2 Å². The van der Waals surface area contributed by atoms with E-state index in [0.717, 1.165) is 17.8 Å². The quantitative estimate of drug-likeness (QED) is 0.867. The van der Waals surface area contributed by atoms with Crippen molar-refractivity contribution in [3.8, 4) is 11.3 Å². The molecule has 1 N–H and O–H groups in total. The molecule has 1 aromatic carbocycles. The van der Waals surface area contributed by atoms with Gasteiger partial charge in [-0.1, -0.05) is 30.3 Å². The summed E-state index contributed by atoms with van der Waals surface area (Å²) in [5.74, 6) is -0.00798. The van der Waals surface area contributed by atoms with Gasteiger partial charge in [0, 0.05) is 20.0 Å². The third-order valence-corrected chi connectivity index (χ3v) is 2.51. The minimum atomic E-state index is -0.00798. The van der Waals surface area contributed by atoms with Gasteiger partial charge < -0.3 is 9.88 Å². The van der Waals surface area contributed by atoms with Crippen LogP contribution in [0.25, 0.3) is 11.3 Å². The van der Waals surface area contributed by atoms with Gasteiger partial charge in [0.25, 0.3) is 0 Å². The fraction of sp³-hybridized carbons (Fsp3) is 0.231. The molecular weight excluding hydrogens is 214 g/mol. The number of rotatable bonds is 4. The number of imidazole rings is 1.